The summed E-state index contributed by atoms with van der Waals surface area (Å²) >= 11 is 0. The van der Waals surface area contributed by atoms with Crippen molar-refractivity contribution in [3.63, 3.8) is 0 Å². The number of aryl methyl sites for hydroxylation is 1. The van der Waals surface area contributed by atoms with Gasteiger partial charge in [-0.3, -0.25) is 9.59 Å². The topological polar surface area (TPSA) is 86.1 Å². The summed E-state index contributed by atoms with van der Waals surface area (Å²) in [4.78, 5) is 29.0. The van der Waals surface area contributed by atoms with E-state index in [4.69, 9.17) is 4.74 Å². The number of ether oxygens (including phenoxy) is 1. The summed E-state index contributed by atoms with van der Waals surface area (Å²) in [6.45, 7) is 6.18. The summed E-state index contributed by atoms with van der Waals surface area (Å²) in [7, 11) is 0. The number of nitrogens with one attached hydrogen (secondary N) is 1. The minimum absolute atomic E-state index is 0.0668. The number of carbonyl (C=O) groups is 2. The van der Waals surface area contributed by atoms with E-state index in [0.717, 1.165) is 16.7 Å². The van der Waals surface area contributed by atoms with E-state index in [1.165, 1.54) is 6.33 Å². The van der Waals surface area contributed by atoms with Crippen LogP contribution >= 0.6 is 0 Å². The predicted octanol–water partition coefficient (Wildman–Crippen LogP) is 3.45. The maximum Gasteiger partial charge on any atom is 0.308 e. The monoisotopic (exact) mass is 406 g/mol. The lowest BCUT2D eigenvalue weighted by Gasteiger charge is -2.20. The third-order valence-corrected chi connectivity index (χ3v) is 4.55. The first-order valence-corrected chi connectivity index (χ1v) is 9.89. The summed E-state index contributed by atoms with van der Waals surface area (Å²) in [5, 5.41) is 7.05. The SMILES string of the molecule is Cc1ccc(C(CC(=O)OC(C)C)NC(=O)c2ccc(Cn3cncn3)cc2)cc1. The van der Waals surface area contributed by atoms with E-state index in [1.54, 1.807) is 37.0 Å². The van der Waals surface area contributed by atoms with Crippen LogP contribution in [0.2, 0.25) is 0 Å². The number of amides is 1. The van der Waals surface area contributed by atoms with Crippen LogP contribution in [-0.4, -0.2) is 32.7 Å². The zero-order valence-corrected chi connectivity index (χ0v) is 17.4. The molecule has 1 unspecified atom stereocenters. The summed E-state index contributed by atoms with van der Waals surface area (Å²) in [6, 6.07) is 14.6. The number of carbonyl (C=O) groups excluding carboxylic acids is 2. The van der Waals surface area contributed by atoms with Crippen molar-refractivity contribution >= 4 is 11.9 Å². The Kier molecular flexibility index (Phi) is 6.95. The summed E-state index contributed by atoms with van der Waals surface area (Å²) in [5.41, 5.74) is 3.49. The summed E-state index contributed by atoms with van der Waals surface area (Å²) in [6.07, 6.45) is 2.99. The van der Waals surface area contributed by atoms with Crippen molar-refractivity contribution in [2.24, 2.45) is 0 Å². The number of hydrogen-bond acceptors (Lipinski definition) is 5. The highest BCUT2D eigenvalue weighted by atomic mass is 16.5. The molecule has 1 atom stereocenters. The standard InChI is InChI=1S/C23H26N4O3/c1-16(2)30-22(28)12-21(19-8-4-17(3)5-9-19)26-23(29)20-10-6-18(7-11-20)13-27-15-24-14-25-27/h4-11,14-16,21H,12-13H2,1-3H3,(H,26,29). The molecule has 0 aliphatic heterocycles. The quantitative estimate of drug-likeness (QED) is 0.579. The van der Waals surface area contributed by atoms with Crippen molar-refractivity contribution in [2.75, 3.05) is 0 Å². The van der Waals surface area contributed by atoms with Gasteiger partial charge in [-0.05, 0) is 44.0 Å². The molecule has 0 radical (unpaired) electrons. The van der Waals surface area contributed by atoms with Gasteiger partial charge in [-0.2, -0.15) is 5.10 Å². The molecule has 3 aromatic rings. The Labute approximate surface area is 176 Å². The van der Waals surface area contributed by atoms with Crippen molar-refractivity contribution in [1.82, 2.24) is 20.1 Å². The van der Waals surface area contributed by atoms with Gasteiger partial charge in [-0.1, -0.05) is 42.0 Å². The first-order valence-electron chi connectivity index (χ1n) is 9.89. The van der Waals surface area contributed by atoms with Crippen molar-refractivity contribution in [2.45, 2.75) is 45.9 Å². The van der Waals surface area contributed by atoms with Gasteiger partial charge in [-0.25, -0.2) is 9.67 Å². The molecule has 3 rings (SSSR count). The molecule has 7 nitrogen and oxygen atoms in total. The van der Waals surface area contributed by atoms with Crippen LogP contribution in [0.3, 0.4) is 0 Å². The van der Waals surface area contributed by atoms with Gasteiger partial charge in [-0.15, -0.1) is 0 Å². The number of benzene rings is 2. The lowest BCUT2D eigenvalue weighted by Crippen LogP contribution is -2.31. The van der Waals surface area contributed by atoms with Gasteiger partial charge in [0.2, 0.25) is 0 Å². The van der Waals surface area contributed by atoms with Crippen LogP contribution in [0.1, 0.15) is 53.4 Å². The van der Waals surface area contributed by atoms with Crippen molar-refractivity contribution in [3.05, 3.63) is 83.4 Å². The molecule has 0 spiro atoms. The molecule has 1 aromatic heterocycles. The van der Waals surface area contributed by atoms with Crippen LogP contribution in [0.25, 0.3) is 0 Å². The molecule has 0 aliphatic rings. The fourth-order valence-electron chi connectivity index (χ4n) is 3.03. The van der Waals surface area contributed by atoms with Crippen molar-refractivity contribution < 1.29 is 14.3 Å². The lowest BCUT2D eigenvalue weighted by molar-refractivity contribution is -0.147. The molecule has 7 heteroatoms. The molecule has 1 heterocycles. The van der Waals surface area contributed by atoms with Crippen LogP contribution < -0.4 is 5.32 Å². The Bertz CT molecular complexity index is 965. The zero-order valence-electron chi connectivity index (χ0n) is 17.4. The molecule has 0 saturated carbocycles. The van der Waals surface area contributed by atoms with E-state index in [-0.39, 0.29) is 24.4 Å². The van der Waals surface area contributed by atoms with Crippen molar-refractivity contribution in [3.8, 4) is 0 Å². The normalized spacial score (nSPS) is 11.9. The molecule has 0 saturated heterocycles. The first kappa shape index (κ1) is 21.2. The molecule has 0 bridgehead atoms. The Hall–Kier alpha value is -3.48. The average molecular weight is 406 g/mol. The Morgan fingerprint density at radius 3 is 2.37 bits per heavy atom. The molecule has 1 N–H and O–H groups in total. The second-order valence-corrected chi connectivity index (χ2v) is 7.47. The zero-order chi connectivity index (χ0) is 21.5. The molecular weight excluding hydrogens is 380 g/mol. The second kappa shape index (κ2) is 9.82. The van der Waals surface area contributed by atoms with Crippen LogP contribution in [-0.2, 0) is 16.1 Å². The lowest BCUT2D eigenvalue weighted by atomic mass is 10.0. The van der Waals surface area contributed by atoms with Gasteiger partial charge in [0.05, 0.1) is 25.1 Å². The minimum Gasteiger partial charge on any atom is -0.463 e. The summed E-state index contributed by atoms with van der Waals surface area (Å²) < 4.78 is 6.99. The minimum atomic E-state index is -0.473. The molecule has 0 fully saturated rings. The number of rotatable bonds is 8. The van der Waals surface area contributed by atoms with Crippen LogP contribution in [0.15, 0.2) is 61.2 Å². The van der Waals surface area contributed by atoms with E-state index in [1.807, 2.05) is 43.3 Å². The summed E-state index contributed by atoms with van der Waals surface area (Å²) in [5.74, 6) is -0.593. The maximum absolute atomic E-state index is 12.8. The van der Waals surface area contributed by atoms with Crippen LogP contribution in [0.5, 0.6) is 0 Å². The van der Waals surface area contributed by atoms with Gasteiger partial charge in [0.15, 0.2) is 0 Å². The number of nitrogens with zero attached hydrogens (tertiary/aromatic N) is 3. The van der Waals surface area contributed by atoms with E-state index in [9.17, 15) is 9.59 Å². The molecule has 30 heavy (non-hydrogen) atoms. The smallest absolute Gasteiger partial charge is 0.308 e. The van der Waals surface area contributed by atoms with E-state index < -0.39 is 6.04 Å². The molecule has 156 valence electrons. The predicted molar refractivity (Wildman–Crippen MR) is 113 cm³/mol. The van der Waals surface area contributed by atoms with E-state index >= 15 is 0 Å². The third kappa shape index (κ3) is 6.01. The van der Waals surface area contributed by atoms with Gasteiger partial charge in [0.25, 0.3) is 5.91 Å². The van der Waals surface area contributed by atoms with E-state index in [2.05, 4.69) is 15.4 Å². The highest BCUT2D eigenvalue weighted by molar-refractivity contribution is 5.94. The van der Waals surface area contributed by atoms with Crippen LogP contribution in [0.4, 0.5) is 0 Å². The first-order chi connectivity index (χ1) is 14.4. The fraction of sp³-hybridized carbons (Fsp3) is 0.304. The second-order valence-electron chi connectivity index (χ2n) is 7.47. The fourth-order valence-corrected chi connectivity index (χ4v) is 3.03. The number of hydrogen-bond donors (Lipinski definition) is 1. The highest BCUT2D eigenvalue weighted by Gasteiger charge is 2.21. The highest BCUT2D eigenvalue weighted by Crippen LogP contribution is 2.20. The number of esters is 1. The molecule has 1 amide bonds. The van der Waals surface area contributed by atoms with E-state index in [0.29, 0.717) is 12.1 Å². The van der Waals surface area contributed by atoms with Crippen molar-refractivity contribution in [1.29, 1.82) is 0 Å². The third-order valence-electron chi connectivity index (χ3n) is 4.55. The Balaban J connectivity index is 1.71. The van der Waals surface area contributed by atoms with Gasteiger partial charge < -0.3 is 10.1 Å². The Morgan fingerprint density at radius 1 is 1.07 bits per heavy atom. The largest absolute Gasteiger partial charge is 0.463 e. The molecular formula is C23H26N4O3. The van der Waals surface area contributed by atoms with Gasteiger partial charge in [0, 0.05) is 5.56 Å². The van der Waals surface area contributed by atoms with Crippen LogP contribution in [0, 0.1) is 6.92 Å². The average Bonchev–Trinajstić information content (AvgIpc) is 3.21. The maximum atomic E-state index is 12.8. The van der Waals surface area contributed by atoms with Gasteiger partial charge in [0.1, 0.15) is 12.7 Å². The Morgan fingerprint density at radius 2 is 1.77 bits per heavy atom. The number of aromatic nitrogens is 3. The van der Waals surface area contributed by atoms with Gasteiger partial charge >= 0.3 is 5.97 Å². The molecule has 2 aromatic carbocycles. The molecule has 0 aliphatic carbocycles.